The van der Waals surface area contributed by atoms with Gasteiger partial charge in [-0.25, -0.2) is 13.4 Å². The van der Waals surface area contributed by atoms with Gasteiger partial charge in [0.15, 0.2) is 0 Å². The minimum atomic E-state index is -4.78. The Balaban J connectivity index is 1.70. The Morgan fingerprint density at radius 1 is 1.16 bits per heavy atom. The van der Waals surface area contributed by atoms with E-state index >= 15 is 0 Å². The smallest absolute Gasteiger partial charge is 0.417 e. The lowest BCUT2D eigenvalue weighted by Crippen LogP contribution is -2.50. The van der Waals surface area contributed by atoms with Crippen LogP contribution in [0.15, 0.2) is 41.4 Å². The van der Waals surface area contributed by atoms with Crippen LogP contribution >= 0.6 is 11.6 Å². The van der Waals surface area contributed by atoms with Gasteiger partial charge in [-0.05, 0) is 31.2 Å². The number of pyridine rings is 1. The average molecular weight is 478 g/mol. The van der Waals surface area contributed by atoms with Crippen LogP contribution in [-0.4, -0.2) is 61.3 Å². The molecule has 1 aliphatic rings. The van der Waals surface area contributed by atoms with Crippen molar-refractivity contribution in [3.8, 4) is 5.88 Å². The van der Waals surface area contributed by atoms with E-state index in [2.05, 4.69) is 4.98 Å². The van der Waals surface area contributed by atoms with Gasteiger partial charge in [0, 0.05) is 38.4 Å². The number of nitrogens with zero attached hydrogens (tertiary/aromatic N) is 3. The highest BCUT2D eigenvalue weighted by Gasteiger charge is 2.36. The number of sulfonamides is 1. The van der Waals surface area contributed by atoms with E-state index in [1.54, 1.807) is 12.1 Å². The topological polar surface area (TPSA) is 79.8 Å². The highest BCUT2D eigenvalue weighted by molar-refractivity contribution is 7.89. The molecule has 0 radical (unpaired) electrons. The summed E-state index contributed by atoms with van der Waals surface area (Å²) in [6.45, 7) is 2.32. The third-order valence-corrected chi connectivity index (χ3v) is 6.91. The van der Waals surface area contributed by atoms with Crippen LogP contribution in [0.3, 0.4) is 0 Å². The van der Waals surface area contributed by atoms with Gasteiger partial charge in [-0.15, -0.1) is 0 Å². The fraction of sp³-hybridized carbons (Fsp3) is 0.368. The molecule has 1 fully saturated rings. The minimum absolute atomic E-state index is 0.0531. The van der Waals surface area contributed by atoms with E-state index in [1.807, 2.05) is 6.92 Å². The monoisotopic (exact) mass is 477 g/mol. The molecular formula is C19H19ClF3N3O4S. The zero-order valence-corrected chi connectivity index (χ0v) is 18.0. The molecule has 0 saturated carbocycles. The molecule has 1 amide bonds. The molecule has 168 valence electrons. The van der Waals surface area contributed by atoms with E-state index in [1.165, 1.54) is 11.1 Å². The molecule has 1 aromatic carbocycles. The number of piperazine rings is 1. The maximum Gasteiger partial charge on any atom is 0.417 e. The van der Waals surface area contributed by atoms with Crippen molar-refractivity contribution in [2.75, 3.05) is 32.8 Å². The lowest BCUT2D eigenvalue weighted by molar-refractivity contribution is -0.137. The van der Waals surface area contributed by atoms with Crippen LogP contribution in [0.25, 0.3) is 0 Å². The molecular weight excluding hydrogens is 459 g/mol. The highest BCUT2D eigenvalue weighted by atomic mass is 35.5. The maximum absolute atomic E-state index is 13.1. The molecule has 31 heavy (non-hydrogen) atoms. The summed E-state index contributed by atoms with van der Waals surface area (Å²) in [6, 6.07) is 5.61. The van der Waals surface area contributed by atoms with Crippen LogP contribution < -0.4 is 4.74 Å². The van der Waals surface area contributed by atoms with Gasteiger partial charge in [0.05, 0.1) is 27.7 Å². The fourth-order valence-electron chi connectivity index (χ4n) is 3.09. The number of hydrogen-bond acceptors (Lipinski definition) is 5. The molecule has 0 atom stereocenters. The first-order valence-corrected chi connectivity index (χ1v) is 11.1. The largest absolute Gasteiger partial charge is 0.478 e. The van der Waals surface area contributed by atoms with Crippen molar-refractivity contribution in [1.29, 1.82) is 0 Å². The minimum Gasteiger partial charge on any atom is -0.478 e. The quantitative estimate of drug-likeness (QED) is 0.660. The first-order chi connectivity index (χ1) is 14.5. The number of aromatic nitrogens is 1. The first kappa shape index (κ1) is 23.3. The van der Waals surface area contributed by atoms with Gasteiger partial charge < -0.3 is 9.64 Å². The summed E-state index contributed by atoms with van der Waals surface area (Å²) in [4.78, 5) is 17.6. The second-order valence-electron chi connectivity index (χ2n) is 6.65. The standard InChI is InChI=1S/C19H19ClF3N3O4S/c1-2-30-17-6-3-13(12-24-17)18(27)25-7-9-26(10-8-25)31(28,29)14-4-5-16(20)15(11-14)19(21,22)23/h3-6,11-12H,2,7-10H2,1H3. The molecule has 7 nitrogen and oxygen atoms in total. The van der Waals surface area contributed by atoms with Gasteiger partial charge in [-0.2, -0.15) is 17.5 Å². The molecule has 2 aromatic rings. The molecule has 0 unspecified atom stereocenters. The highest BCUT2D eigenvalue weighted by Crippen LogP contribution is 2.36. The molecule has 0 aliphatic carbocycles. The van der Waals surface area contributed by atoms with Gasteiger partial charge in [0.2, 0.25) is 15.9 Å². The summed E-state index contributed by atoms with van der Waals surface area (Å²) in [5.41, 5.74) is -0.890. The summed E-state index contributed by atoms with van der Waals surface area (Å²) in [6.07, 6.45) is -3.40. The van der Waals surface area contributed by atoms with Crippen LogP contribution in [0.5, 0.6) is 5.88 Å². The predicted octanol–water partition coefficient (Wildman–Crippen LogP) is 3.30. The number of rotatable bonds is 5. The van der Waals surface area contributed by atoms with Crippen molar-refractivity contribution in [3.63, 3.8) is 0 Å². The van der Waals surface area contributed by atoms with Crippen molar-refractivity contribution >= 4 is 27.5 Å². The average Bonchev–Trinajstić information content (AvgIpc) is 2.73. The van der Waals surface area contributed by atoms with Crippen molar-refractivity contribution in [1.82, 2.24) is 14.2 Å². The van der Waals surface area contributed by atoms with E-state index < -0.39 is 31.7 Å². The van der Waals surface area contributed by atoms with Gasteiger partial charge >= 0.3 is 6.18 Å². The Morgan fingerprint density at radius 2 is 1.84 bits per heavy atom. The SMILES string of the molecule is CCOc1ccc(C(=O)N2CCN(S(=O)(=O)c3ccc(Cl)c(C(F)(F)F)c3)CC2)cn1. The van der Waals surface area contributed by atoms with Gasteiger partial charge in [-0.3, -0.25) is 4.79 Å². The lowest BCUT2D eigenvalue weighted by atomic mass is 10.2. The van der Waals surface area contributed by atoms with Crippen molar-refractivity contribution < 1.29 is 31.1 Å². The number of carbonyl (C=O) groups is 1. The number of halogens is 4. The van der Waals surface area contributed by atoms with Crippen molar-refractivity contribution in [2.45, 2.75) is 18.0 Å². The van der Waals surface area contributed by atoms with Gasteiger partial charge in [0.1, 0.15) is 0 Å². The van der Waals surface area contributed by atoms with Crippen molar-refractivity contribution in [2.24, 2.45) is 0 Å². The van der Waals surface area contributed by atoms with Crippen LogP contribution in [-0.2, 0) is 16.2 Å². The zero-order valence-electron chi connectivity index (χ0n) is 16.4. The normalized spacial score (nSPS) is 15.7. The van der Waals surface area contributed by atoms with Crippen LogP contribution in [0, 0.1) is 0 Å². The molecule has 3 rings (SSSR count). The maximum atomic E-state index is 13.1. The number of benzene rings is 1. The van der Waals surface area contributed by atoms with E-state index in [0.717, 1.165) is 16.4 Å². The second kappa shape index (κ2) is 9.01. The van der Waals surface area contributed by atoms with E-state index in [4.69, 9.17) is 16.3 Å². The fourth-order valence-corrected chi connectivity index (χ4v) is 4.76. The summed E-state index contributed by atoms with van der Waals surface area (Å²) in [5.74, 6) is 0.0644. The van der Waals surface area contributed by atoms with Gasteiger partial charge in [-0.1, -0.05) is 11.6 Å². The van der Waals surface area contributed by atoms with Crippen LogP contribution in [0.2, 0.25) is 5.02 Å². The Hall–Kier alpha value is -2.37. The second-order valence-corrected chi connectivity index (χ2v) is 9.00. The number of ether oxygens (including phenoxy) is 1. The molecule has 1 aliphatic heterocycles. The number of alkyl halides is 3. The summed E-state index contributed by atoms with van der Waals surface area (Å²) in [5, 5.41) is -0.578. The van der Waals surface area contributed by atoms with Crippen LogP contribution in [0.4, 0.5) is 13.2 Å². The Kier molecular flexibility index (Phi) is 6.77. The Bertz CT molecular complexity index is 1050. The summed E-state index contributed by atoms with van der Waals surface area (Å²) in [7, 11) is -4.18. The molecule has 0 bridgehead atoms. The van der Waals surface area contributed by atoms with Gasteiger partial charge in [0.25, 0.3) is 5.91 Å². The number of hydrogen-bond donors (Lipinski definition) is 0. The Labute approximate surface area is 182 Å². The molecule has 12 heteroatoms. The summed E-state index contributed by atoms with van der Waals surface area (Å²) < 4.78 is 71.1. The Morgan fingerprint density at radius 3 is 2.39 bits per heavy atom. The molecule has 1 saturated heterocycles. The van der Waals surface area contributed by atoms with E-state index in [0.29, 0.717) is 24.1 Å². The zero-order chi connectivity index (χ0) is 22.8. The van der Waals surface area contributed by atoms with E-state index in [9.17, 15) is 26.4 Å². The van der Waals surface area contributed by atoms with Crippen LogP contribution in [0.1, 0.15) is 22.8 Å². The number of carbonyl (C=O) groups excluding carboxylic acids is 1. The third-order valence-electron chi connectivity index (χ3n) is 4.68. The lowest BCUT2D eigenvalue weighted by Gasteiger charge is -2.34. The predicted molar refractivity (Wildman–Crippen MR) is 107 cm³/mol. The molecule has 0 N–H and O–H groups in total. The van der Waals surface area contributed by atoms with Crippen molar-refractivity contribution in [3.05, 3.63) is 52.7 Å². The van der Waals surface area contributed by atoms with E-state index in [-0.39, 0.29) is 32.1 Å². The number of amides is 1. The third kappa shape index (κ3) is 5.10. The molecule has 0 spiro atoms. The summed E-state index contributed by atoms with van der Waals surface area (Å²) >= 11 is 5.57. The molecule has 2 heterocycles. The first-order valence-electron chi connectivity index (χ1n) is 9.29. The molecule has 1 aromatic heterocycles.